The maximum absolute atomic E-state index is 12.8. The van der Waals surface area contributed by atoms with Gasteiger partial charge in [-0.05, 0) is 37.6 Å². The molecule has 1 aromatic heterocycles. The van der Waals surface area contributed by atoms with Crippen molar-refractivity contribution in [2.75, 3.05) is 17.6 Å². The van der Waals surface area contributed by atoms with E-state index in [9.17, 15) is 9.59 Å². The molecule has 1 heterocycles. The Labute approximate surface area is 201 Å². The lowest BCUT2D eigenvalue weighted by molar-refractivity contribution is -0.130. The summed E-state index contributed by atoms with van der Waals surface area (Å²) in [5, 5.41) is 12.7. The molecule has 0 spiro atoms. The SMILES string of the molecule is CC[C@H](C)N(CCC(=O)Nc1nnc(-c2cccc(Cl)c2)s1)C(=O)CSc1ccccc1. The molecule has 6 nitrogen and oxygen atoms in total. The number of anilines is 1. The van der Waals surface area contributed by atoms with Gasteiger partial charge in [0.25, 0.3) is 0 Å². The number of nitrogens with zero attached hydrogens (tertiary/aromatic N) is 3. The minimum atomic E-state index is -0.199. The minimum absolute atomic E-state index is 0.0279. The van der Waals surface area contributed by atoms with Crippen LogP contribution in [0.25, 0.3) is 10.6 Å². The van der Waals surface area contributed by atoms with E-state index in [2.05, 4.69) is 15.5 Å². The molecule has 32 heavy (non-hydrogen) atoms. The first-order valence-electron chi connectivity index (χ1n) is 10.3. The normalized spacial score (nSPS) is 11.7. The van der Waals surface area contributed by atoms with Crippen LogP contribution >= 0.6 is 34.7 Å². The van der Waals surface area contributed by atoms with Crippen molar-refractivity contribution >= 4 is 51.6 Å². The predicted octanol–water partition coefficient (Wildman–Crippen LogP) is 5.61. The highest BCUT2D eigenvalue weighted by Crippen LogP contribution is 2.28. The molecule has 0 saturated heterocycles. The first-order chi connectivity index (χ1) is 15.5. The molecule has 1 atom stereocenters. The number of hydrogen-bond donors (Lipinski definition) is 1. The largest absolute Gasteiger partial charge is 0.339 e. The molecule has 3 aromatic rings. The molecule has 2 aromatic carbocycles. The number of hydrogen-bond acceptors (Lipinski definition) is 6. The topological polar surface area (TPSA) is 75.2 Å². The van der Waals surface area contributed by atoms with Gasteiger partial charge < -0.3 is 10.2 Å². The summed E-state index contributed by atoms with van der Waals surface area (Å²) in [5.41, 5.74) is 0.847. The highest BCUT2D eigenvalue weighted by atomic mass is 35.5. The molecule has 0 bridgehead atoms. The highest BCUT2D eigenvalue weighted by Gasteiger charge is 2.20. The van der Waals surface area contributed by atoms with Crippen LogP contribution in [0.1, 0.15) is 26.7 Å². The van der Waals surface area contributed by atoms with E-state index in [4.69, 9.17) is 11.6 Å². The monoisotopic (exact) mass is 488 g/mol. The van der Waals surface area contributed by atoms with Crippen LogP contribution in [-0.2, 0) is 9.59 Å². The second kappa shape index (κ2) is 12.0. The summed E-state index contributed by atoms with van der Waals surface area (Å²) in [6, 6.07) is 17.2. The van der Waals surface area contributed by atoms with E-state index < -0.39 is 0 Å². The molecule has 0 unspecified atom stereocenters. The van der Waals surface area contributed by atoms with Gasteiger partial charge in [0.2, 0.25) is 16.9 Å². The maximum Gasteiger partial charge on any atom is 0.233 e. The van der Waals surface area contributed by atoms with Crippen molar-refractivity contribution in [1.29, 1.82) is 0 Å². The summed E-state index contributed by atoms with van der Waals surface area (Å²) >= 11 is 8.82. The fourth-order valence-corrected chi connectivity index (χ4v) is 4.72. The molecular formula is C23H25ClN4O2S2. The first-order valence-corrected chi connectivity index (χ1v) is 12.5. The number of thioether (sulfide) groups is 1. The van der Waals surface area contributed by atoms with Crippen LogP contribution in [-0.4, -0.2) is 45.3 Å². The number of halogens is 1. The second-order valence-electron chi connectivity index (χ2n) is 7.17. The van der Waals surface area contributed by atoms with Crippen LogP contribution in [0.2, 0.25) is 5.02 Å². The van der Waals surface area contributed by atoms with E-state index in [1.54, 1.807) is 17.0 Å². The summed E-state index contributed by atoms with van der Waals surface area (Å²) < 4.78 is 0. The van der Waals surface area contributed by atoms with Gasteiger partial charge in [0, 0.05) is 34.5 Å². The van der Waals surface area contributed by atoms with Crippen LogP contribution in [0.5, 0.6) is 0 Å². The summed E-state index contributed by atoms with van der Waals surface area (Å²) in [7, 11) is 0. The minimum Gasteiger partial charge on any atom is -0.339 e. The van der Waals surface area contributed by atoms with Crippen molar-refractivity contribution in [2.45, 2.75) is 37.6 Å². The number of amides is 2. The van der Waals surface area contributed by atoms with Gasteiger partial charge in [-0.2, -0.15) is 0 Å². The molecule has 2 amide bonds. The third-order valence-electron chi connectivity index (χ3n) is 4.87. The number of rotatable bonds is 10. The van der Waals surface area contributed by atoms with Crippen molar-refractivity contribution in [2.24, 2.45) is 0 Å². The third kappa shape index (κ3) is 7.05. The van der Waals surface area contributed by atoms with Crippen LogP contribution in [0.15, 0.2) is 59.5 Å². The molecule has 0 saturated carbocycles. The molecule has 9 heteroatoms. The second-order valence-corrected chi connectivity index (χ2v) is 9.63. The van der Waals surface area contributed by atoms with Gasteiger partial charge in [-0.3, -0.25) is 9.59 Å². The Morgan fingerprint density at radius 3 is 2.66 bits per heavy atom. The van der Waals surface area contributed by atoms with Gasteiger partial charge in [-0.25, -0.2) is 0 Å². The van der Waals surface area contributed by atoms with Crippen LogP contribution < -0.4 is 5.32 Å². The van der Waals surface area contributed by atoms with Crippen molar-refractivity contribution in [3.63, 3.8) is 0 Å². The van der Waals surface area contributed by atoms with Crippen molar-refractivity contribution < 1.29 is 9.59 Å². The lowest BCUT2D eigenvalue weighted by Crippen LogP contribution is -2.41. The number of nitrogens with one attached hydrogen (secondary N) is 1. The zero-order valence-electron chi connectivity index (χ0n) is 18.0. The zero-order valence-corrected chi connectivity index (χ0v) is 20.3. The first kappa shape index (κ1) is 24.2. The highest BCUT2D eigenvalue weighted by molar-refractivity contribution is 8.00. The van der Waals surface area contributed by atoms with Crippen molar-refractivity contribution in [3.8, 4) is 10.6 Å². The number of aromatic nitrogens is 2. The van der Waals surface area contributed by atoms with E-state index in [-0.39, 0.29) is 24.3 Å². The quantitative estimate of drug-likeness (QED) is 0.375. The number of carbonyl (C=O) groups excluding carboxylic acids is 2. The Hall–Kier alpha value is -2.42. The Kier molecular flexibility index (Phi) is 9.08. The molecule has 1 N–H and O–H groups in total. The van der Waals surface area contributed by atoms with Gasteiger partial charge in [0.05, 0.1) is 5.75 Å². The molecule has 0 fully saturated rings. The van der Waals surface area contributed by atoms with Crippen molar-refractivity contribution in [3.05, 3.63) is 59.6 Å². The molecule has 168 valence electrons. The van der Waals surface area contributed by atoms with Gasteiger partial charge in [0.15, 0.2) is 0 Å². The van der Waals surface area contributed by atoms with Crippen LogP contribution in [0.4, 0.5) is 5.13 Å². The Bertz CT molecular complexity index is 1050. The van der Waals surface area contributed by atoms with Crippen LogP contribution in [0.3, 0.4) is 0 Å². The van der Waals surface area contributed by atoms with Gasteiger partial charge in [-0.15, -0.1) is 22.0 Å². The molecule has 0 aliphatic rings. The fraction of sp³-hybridized carbons (Fsp3) is 0.304. The smallest absolute Gasteiger partial charge is 0.233 e. The van der Waals surface area contributed by atoms with Gasteiger partial charge in [-0.1, -0.05) is 60.2 Å². The van der Waals surface area contributed by atoms with E-state index in [0.29, 0.717) is 27.5 Å². The summed E-state index contributed by atoms with van der Waals surface area (Å²) in [6.45, 7) is 4.40. The Balaban J connectivity index is 1.54. The molecule has 3 rings (SSSR count). The lowest BCUT2D eigenvalue weighted by Gasteiger charge is -2.28. The number of carbonyl (C=O) groups is 2. The molecular weight excluding hydrogens is 464 g/mol. The molecule has 0 aliphatic carbocycles. The molecule has 0 radical (unpaired) electrons. The average molecular weight is 489 g/mol. The van der Waals surface area contributed by atoms with E-state index in [1.165, 1.54) is 23.1 Å². The maximum atomic E-state index is 12.8. The standard InChI is InChI=1S/C23H25ClN4O2S2/c1-3-16(2)28(21(30)15-31-19-10-5-4-6-11-19)13-12-20(29)25-23-27-26-22(32-23)17-8-7-9-18(24)14-17/h4-11,14,16H,3,12-13,15H2,1-2H3,(H,25,27,29)/t16-/m0/s1. The summed E-state index contributed by atoms with van der Waals surface area (Å²) in [5.74, 6) is 0.172. The summed E-state index contributed by atoms with van der Waals surface area (Å²) in [4.78, 5) is 28.1. The molecule has 0 aliphatic heterocycles. The van der Waals surface area contributed by atoms with Crippen molar-refractivity contribution in [1.82, 2.24) is 15.1 Å². The average Bonchev–Trinajstić information content (AvgIpc) is 3.26. The van der Waals surface area contributed by atoms with E-state index in [1.807, 2.05) is 56.3 Å². The van der Waals surface area contributed by atoms with Gasteiger partial charge in [0.1, 0.15) is 5.01 Å². The van der Waals surface area contributed by atoms with E-state index >= 15 is 0 Å². The lowest BCUT2D eigenvalue weighted by atomic mass is 10.2. The summed E-state index contributed by atoms with van der Waals surface area (Å²) in [6.07, 6.45) is 1.01. The Morgan fingerprint density at radius 2 is 1.94 bits per heavy atom. The fourth-order valence-electron chi connectivity index (χ4n) is 2.97. The zero-order chi connectivity index (χ0) is 22.9. The number of benzene rings is 2. The third-order valence-corrected chi connectivity index (χ3v) is 6.99. The van der Waals surface area contributed by atoms with Gasteiger partial charge >= 0.3 is 0 Å². The van der Waals surface area contributed by atoms with E-state index in [0.717, 1.165) is 16.9 Å². The van der Waals surface area contributed by atoms with Crippen LogP contribution in [0, 0.1) is 0 Å². The Morgan fingerprint density at radius 1 is 1.16 bits per heavy atom. The predicted molar refractivity (Wildman–Crippen MR) is 132 cm³/mol.